The summed E-state index contributed by atoms with van der Waals surface area (Å²) in [7, 11) is 1.63. The molecule has 1 aliphatic rings. The van der Waals surface area contributed by atoms with E-state index < -0.39 is 17.9 Å². The summed E-state index contributed by atoms with van der Waals surface area (Å²) >= 11 is 0. The van der Waals surface area contributed by atoms with Crippen LogP contribution in [0.4, 0.5) is 5.95 Å². The highest BCUT2D eigenvalue weighted by molar-refractivity contribution is 6.08. The van der Waals surface area contributed by atoms with Crippen LogP contribution in [0.15, 0.2) is 48.5 Å². The van der Waals surface area contributed by atoms with Crippen LogP contribution in [0, 0.1) is 11.8 Å². The molecule has 36 heavy (non-hydrogen) atoms. The highest BCUT2D eigenvalue weighted by Gasteiger charge is 2.47. The molecule has 1 amide bonds. The highest BCUT2D eigenvalue weighted by Crippen LogP contribution is 2.41. The fourth-order valence-electron chi connectivity index (χ4n) is 4.60. The van der Waals surface area contributed by atoms with Crippen molar-refractivity contribution in [2.45, 2.75) is 39.7 Å². The van der Waals surface area contributed by atoms with Gasteiger partial charge >= 0.3 is 5.97 Å². The largest absolute Gasteiger partial charge is 0.494 e. The standard InChI is InChI=1S/C28H35N3O5/c1-5-35-27(33)24-25(20-11-13-21(14-12-20)36-18-15-19(2)3)31-23-10-7-6-9-22(23)29-28(31)30(26(24)32)16-8-17-34-4/h6-7,9-14,19,24-25H,5,8,15-18H2,1-4H3/t24-,25+/m0/s1. The van der Waals surface area contributed by atoms with Crippen molar-refractivity contribution in [1.82, 2.24) is 9.55 Å². The zero-order chi connectivity index (χ0) is 25.7. The zero-order valence-corrected chi connectivity index (χ0v) is 21.5. The van der Waals surface area contributed by atoms with Gasteiger partial charge in [0.2, 0.25) is 11.9 Å². The van der Waals surface area contributed by atoms with Crippen LogP contribution in [0.2, 0.25) is 0 Å². The van der Waals surface area contributed by atoms with Crippen LogP contribution in [-0.2, 0) is 19.1 Å². The number of nitrogens with zero attached hydrogens (tertiary/aromatic N) is 3. The van der Waals surface area contributed by atoms with Gasteiger partial charge < -0.3 is 18.8 Å². The maximum Gasteiger partial charge on any atom is 0.321 e. The van der Waals surface area contributed by atoms with Gasteiger partial charge in [0, 0.05) is 20.3 Å². The van der Waals surface area contributed by atoms with Crippen LogP contribution in [0.1, 0.15) is 45.2 Å². The van der Waals surface area contributed by atoms with Gasteiger partial charge in [-0.2, -0.15) is 0 Å². The Balaban J connectivity index is 1.79. The van der Waals surface area contributed by atoms with Crippen molar-refractivity contribution < 1.29 is 23.8 Å². The summed E-state index contributed by atoms with van der Waals surface area (Å²) < 4.78 is 18.5. The summed E-state index contributed by atoms with van der Waals surface area (Å²) in [6.07, 6.45) is 1.58. The van der Waals surface area contributed by atoms with Gasteiger partial charge in [-0.05, 0) is 55.5 Å². The molecule has 0 unspecified atom stereocenters. The first-order valence-electron chi connectivity index (χ1n) is 12.6. The van der Waals surface area contributed by atoms with Gasteiger partial charge in [-0.25, -0.2) is 4.98 Å². The molecule has 0 N–H and O–H groups in total. The summed E-state index contributed by atoms with van der Waals surface area (Å²) in [5, 5.41) is 0. The van der Waals surface area contributed by atoms with E-state index in [-0.39, 0.29) is 12.5 Å². The molecule has 0 spiro atoms. The lowest BCUT2D eigenvalue weighted by Gasteiger charge is -2.38. The Morgan fingerprint density at radius 3 is 2.53 bits per heavy atom. The number of fused-ring (bicyclic) bond motifs is 3. The summed E-state index contributed by atoms with van der Waals surface area (Å²) in [5.41, 5.74) is 2.44. The van der Waals surface area contributed by atoms with Crippen molar-refractivity contribution >= 4 is 28.9 Å². The second-order valence-electron chi connectivity index (χ2n) is 9.38. The van der Waals surface area contributed by atoms with E-state index >= 15 is 0 Å². The van der Waals surface area contributed by atoms with Crippen LogP contribution >= 0.6 is 0 Å². The minimum atomic E-state index is -1.04. The third kappa shape index (κ3) is 5.23. The molecule has 0 saturated heterocycles. The average Bonchev–Trinajstić information content (AvgIpc) is 3.24. The number of amides is 1. The molecule has 1 aliphatic heterocycles. The number of imidazole rings is 1. The van der Waals surface area contributed by atoms with Crippen LogP contribution in [0.25, 0.3) is 11.0 Å². The number of aromatic nitrogens is 2. The van der Waals surface area contributed by atoms with Crippen molar-refractivity contribution in [3.05, 3.63) is 54.1 Å². The molecule has 3 aromatic rings. The fraction of sp³-hybridized carbons (Fsp3) is 0.464. The van der Waals surface area contributed by atoms with Crippen molar-refractivity contribution in [1.29, 1.82) is 0 Å². The number of methoxy groups -OCH3 is 1. The predicted molar refractivity (Wildman–Crippen MR) is 138 cm³/mol. The van der Waals surface area contributed by atoms with Crippen molar-refractivity contribution in [3.8, 4) is 5.75 Å². The number of para-hydroxylation sites is 2. The van der Waals surface area contributed by atoms with Gasteiger partial charge in [-0.3, -0.25) is 14.5 Å². The molecule has 1 aromatic heterocycles. The Labute approximate surface area is 212 Å². The second kappa shape index (κ2) is 11.6. The topological polar surface area (TPSA) is 82.9 Å². The minimum absolute atomic E-state index is 0.194. The summed E-state index contributed by atoms with van der Waals surface area (Å²) in [4.78, 5) is 33.5. The zero-order valence-electron chi connectivity index (χ0n) is 21.5. The molecular weight excluding hydrogens is 458 g/mol. The maximum atomic E-state index is 13.8. The normalized spacial score (nSPS) is 17.5. The molecule has 8 nitrogen and oxygen atoms in total. The Morgan fingerprint density at radius 1 is 1.08 bits per heavy atom. The summed E-state index contributed by atoms with van der Waals surface area (Å²) in [6.45, 7) is 7.78. The highest BCUT2D eigenvalue weighted by atomic mass is 16.5. The lowest BCUT2D eigenvalue weighted by atomic mass is 9.89. The molecule has 4 rings (SSSR count). The Hall–Kier alpha value is -3.39. The molecule has 0 radical (unpaired) electrons. The van der Waals surface area contributed by atoms with E-state index in [1.54, 1.807) is 18.9 Å². The van der Waals surface area contributed by atoms with Crippen molar-refractivity contribution in [3.63, 3.8) is 0 Å². The first kappa shape index (κ1) is 25.7. The number of hydrogen-bond acceptors (Lipinski definition) is 6. The summed E-state index contributed by atoms with van der Waals surface area (Å²) in [5.74, 6) is -0.0428. The number of benzene rings is 2. The van der Waals surface area contributed by atoms with Gasteiger partial charge in [0.1, 0.15) is 5.75 Å². The number of carbonyl (C=O) groups is 2. The molecule has 0 fully saturated rings. The molecule has 0 saturated carbocycles. The lowest BCUT2D eigenvalue weighted by Crippen LogP contribution is -2.50. The Kier molecular flexibility index (Phi) is 8.25. The third-order valence-electron chi connectivity index (χ3n) is 6.40. The molecule has 2 aromatic carbocycles. The first-order chi connectivity index (χ1) is 17.5. The molecule has 0 aliphatic carbocycles. The van der Waals surface area contributed by atoms with E-state index in [1.165, 1.54) is 0 Å². The number of esters is 1. The maximum absolute atomic E-state index is 13.8. The van der Waals surface area contributed by atoms with Gasteiger partial charge in [-0.15, -0.1) is 0 Å². The fourth-order valence-corrected chi connectivity index (χ4v) is 4.60. The molecule has 0 bridgehead atoms. The molecule has 192 valence electrons. The van der Waals surface area contributed by atoms with E-state index in [2.05, 4.69) is 13.8 Å². The van der Waals surface area contributed by atoms with Crippen LogP contribution in [0.5, 0.6) is 5.75 Å². The molecule has 2 heterocycles. The average molecular weight is 494 g/mol. The van der Waals surface area contributed by atoms with Crippen LogP contribution in [0.3, 0.4) is 0 Å². The minimum Gasteiger partial charge on any atom is -0.494 e. The van der Waals surface area contributed by atoms with Gasteiger partial charge in [0.05, 0.1) is 30.3 Å². The number of anilines is 1. The van der Waals surface area contributed by atoms with Gasteiger partial charge in [-0.1, -0.05) is 38.1 Å². The van der Waals surface area contributed by atoms with Crippen LogP contribution in [-0.4, -0.2) is 54.9 Å². The van der Waals surface area contributed by atoms with E-state index in [0.29, 0.717) is 38.0 Å². The van der Waals surface area contributed by atoms with E-state index in [9.17, 15) is 9.59 Å². The van der Waals surface area contributed by atoms with Crippen LogP contribution < -0.4 is 9.64 Å². The Morgan fingerprint density at radius 2 is 1.83 bits per heavy atom. The SMILES string of the molecule is CCOC(=O)[C@@H]1C(=O)N(CCCOC)c2nc3ccccc3n2[C@@H]1c1ccc(OCCC(C)C)cc1. The monoisotopic (exact) mass is 493 g/mol. The van der Waals surface area contributed by atoms with E-state index in [1.807, 2.05) is 53.1 Å². The number of ether oxygens (including phenoxy) is 3. The van der Waals surface area contributed by atoms with Gasteiger partial charge in [0.25, 0.3) is 0 Å². The van der Waals surface area contributed by atoms with E-state index in [4.69, 9.17) is 19.2 Å². The van der Waals surface area contributed by atoms with Gasteiger partial charge in [0.15, 0.2) is 5.92 Å². The second-order valence-corrected chi connectivity index (χ2v) is 9.38. The first-order valence-corrected chi connectivity index (χ1v) is 12.6. The number of hydrogen-bond donors (Lipinski definition) is 0. The molecular formula is C28H35N3O5. The van der Waals surface area contributed by atoms with E-state index in [0.717, 1.165) is 28.8 Å². The third-order valence-corrected chi connectivity index (χ3v) is 6.40. The smallest absolute Gasteiger partial charge is 0.321 e. The summed E-state index contributed by atoms with van der Waals surface area (Å²) in [6, 6.07) is 14.8. The molecule has 8 heteroatoms. The predicted octanol–water partition coefficient (Wildman–Crippen LogP) is 4.61. The lowest BCUT2D eigenvalue weighted by molar-refractivity contribution is -0.153. The van der Waals surface area contributed by atoms with Crippen molar-refractivity contribution in [2.24, 2.45) is 11.8 Å². The molecule has 2 atom stereocenters. The Bertz CT molecular complexity index is 1190. The van der Waals surface area contributed by atoms with Crippen molar-refractivity contribution in [2.75, 3.05) is 38.4 Å². The number of carbonyl (C=O) groups excluding carboxylic acids is 2. The number of rotatable bonds is 11. The quantitative estimate of drug-likeness (QED) is 0.220.